The zero-order valence-corrected chi connectivity index (χ0v) is 13.1. The van der Waals surface area contributed by atoms with E-state index in [0.29, 0.717) is 0 Å². The van der Waals surface area contributed by atoms with Crippen LogP contribution >= 0.6 is 0 Å². The number of halogens is 5. The third-order valence-electron chi connectivity index (χ3n) is 3.01. The summed E-state index contributed by atoms with van der Waals surface area (Å²) < 4.78 is 91.2. The summed E-state index contributed by atoms with van der Waals surface area (Å²) in [4.78, 5) is 11.3. The molecule has 0 saturated heterocycles. The van der Waals surface area contributed by atoms with E-state index in [0.717, 1.165) is 17.7 Å². The molecular weight excluding hydrogens is 371 g/mol. The number of nitrogens with one attached hydrogen (secondary N) is 2. The first-order valence-electron chi connectivity index (χ1n) is 6.46. The average molecular weight is 380 g/mol. The number of anilines is 1. The molecule has 0 spiro atoms. The van der Waals surface area contributed by atoms with Crippen LogP contribution in [-0.4, -0.2) is 14.4 Å². The van der Waals surface area contributed by atoms with Crippen molar-refractivity contribution in [3.63, 3.8) is 0 Å². The Balaban J connectivity index is 2.28. The molecule has 0 aliphatic carbocycles. The van der Waals surface area contributed by atoms with E-state index in [1.54, 1.807) is 6.92 Å². The van der Waals surface area contributed by atoms with Crippen molar-refractivity contribution in [3.05, 3.63) is 58.9 Å². The zero-order chi connectivity index (χ0) is 18.9. The van der Waals surface area contributed by atoms with E-state index in [-0.39, 0.29) is 4.90 Å². The van der Waals surface area contributed by atoms with Crippen molar-refractivity contribution in [1.82, 2.24) is 4.72 Å². The summed E-state index contributed by atoms with van der Waals surface area (Å²) in [6, 6.07) is 3.46. The number of benzene rings is 2. The number of amides is 2. The molecule has 11 heteroatoms. The Labute approximate surface area is 138 Å². The molecule has 2 N–H and O–H groups in total. The minimum absolute atomic E-state index is 0.342. The van der Waals surface area contributed by atoms with E-state index in [4.69, 9.17) is 0 Å². The molecule has 5 nitrogen and oxygen atoms in total. The maximum Gasteiger partial charge on any atom is 0.333 e. The lowest BCUT2D eigenvalue weighted by atomic mass is 10.2. The number of rotatable bonds is 3. The Morgan fingerprint density at radius 3 is 1.76 bits per heavy atom. The number of sulfonamides is 1. The van der Waals surface area contributed by atoms with E-state index < -0.39 is 50.8 Å². The highest BCUT2D eigenvalue weighted by molar-refractivity contribution is 7.90. The molecule has 0 saturated carbocycles. The van der Waals surface area contributed by atoms with Gasteiger partial charge in [0, 0.05) is 0 Å². The first kappa shape index (κ1) is 18.6. The van der Waals surface area contributed by atoms with E-state index in [2.05, 4.69) is 0 Å². The van der Waals surface area contributed by atoms with Crippen molar-refractivity contribution in [2.75, 3.05) is 5.32 Å². The smallest absolute Gasteiger partial charge is 0.302 e. The monoisotopic (exact) mass is 380 g/mol. The second-order valence-electron chi connectivity index (χ2n) is 4.82. The van der Waals surface area contributed by atoms with Crippen LogP contribution < -0.4 is 10.0 Å². The molecule has 2 rings (SSSR count). The largest absolute Gasteiger partial charge is 0.333 e. The van der Waals surface area contributed by atoms with E-state index >= 15 is 0 Å². The number of carbonyl (C=O) groups excluding carboxylic acids is 1. The van der Waals surface area contributed by atoms with Crippen LogP contribution in [0.2, 0.25) is 0 Å². The summed E-state index contributed by atoms with van der Waals surface area (Å²) in [5.74, 6) is -11.6. The third kappa shape index (κ3) is 3.71. The number of aryl methyl sites for hydroxylation is 1. The Bertz CT molecular complexity index is 917. The number of carbonyl (C=O) groups is 1. The Kier molecular flexibility index (Phi) is 4.97. The molecule has 2 aromatic carbocycles. The number of hydrogen-bond acceptors (Lipinski definition) is 3. The van der Waals surface area contributed by atoms with Crippen LogP contribution in [0.4, 0.5) is 32.4 Å². The summed E-state index contributed by atoms with van der Waals surface area (Å²) >= 11 is 0. The standard InChI is InChI=1S/C14H9F5N2O3S/c1-6-2-4-7(5-3-6)25(23,24)21-14(22)20-13-11(18)9(16)8(15)10(17)12(13)19/h2-5H,1H3,(H2,20,21,22). The van der Waals surface area contributed by atoms with Crippen molar-refractivity contribution >= 4 is 21.7 Å². The third-order valence-corrected chi connectivity index (χ3v) is 4.35. The van der Waals surface area contributed by atoms with Crippen LogP contribution in [0.15, 0.2) is 29.2 Å². The van der Waals surface area contributed by atoms with Crippen molar-refractivity contribution < 1.29 is 35.2 Å². The van der Waals surface area contributed by atoms with E-state index in [1.165, 1.54) is 22.2 Å². The fourth-order valence-electron chi connectivity index (χ4n) is 1.75. The fourth-order valence-corrected chi connectivity index (χ4v) is 2.66. The highest BCUT2D eigenvalue weighted by atomic mass is 32.2. The normalized spacial score (nSPS) is 11.3. The van der Waals surface area contributed by atoms with Crippen LogP contribution in [0.25, 0.3) is 0 Å². The van der Waals surface area contributed by atoms with Crippen molar-refractivity contribution in [2.45, 2.75) is 11.8 Å². The van der Waals surface area contributed by atoms with Crippen molar-refractivity contribution in [1.29, 1.82) is 0 Å². The maximum absolute atomic E-state index is 13.5. The second-order valence-corrected chi connectivity index (χ2v) is 6.50. The molecule has 0 bridgehead atoms. The van der Waals surface area contributed by atoms with Gasteiger partial charge in [-0.15, -0.1) is 0 Å². The zero-order valence-electron chi connectivity index (χ0n) is 12.3. The SMILES string of the molecule is Cc1ccc(S(=O)(=O)NC(=O)Nc2c(F)c(F)c(F)c(F)c2F)cc1. The maximum atomic E-state index is 13.5. The summed E-state index contributed by atoms with van der Waals surface area (Å²) in [7, 11) is -4.42. The summed E-state index contributed by atoms with van der Waals surface area (Å²) in [5, 5.41) is 1.30. The van der Waals surface area contributed by atoms with Gasteiger partial charge in [0.15, 0.2) is 23.3 Å². The first-order chi connectivity index (χ1) is 11.5. The number of urea groups is 1. The van der Waals surface area contributed by atoms with Gasteiger partial charge in [-0.1, -0.05) is 17.7 Å². The molecule has 0 aliphatic rings. The van der Waals surface area contributed by atoms with Gasteiger partial charge in [0.1, 0.15) is 5.69 Å². The van der Waals surface area contributed by atoms with Gasteiger partial charge in [-0.2, -0.15) is 0 Å². The summed E-state index contributed by atoms with van der Waals surface area (Å²) in [6.07, 6.45) is 0. The highest BCUT2D eigenvalue weighted by Gasteiger charge is 2.28. The molecule has 0 fully saturated rings. The Hall–Kier alpha value is -2.69. The van der Waals surface area contributed by atoms with Gasteiger partial charge in [0.25, 0.3) is 10.0 Å². The van der Waals surface area contributed by atoms with Gasteiger partial charge >= 0.3 is 6.03 Å². The predicted octanol–water partition coefficient (Wildman–Crippen LogP) is 3.20. The van der Waals surface area contributed by atoms with Gasteiger partial charge in [0.2, 0.25) is 5.82 Å². The average Bonchev–Trinajstić information content (AvgIpc) is 2.55. The number of hydrogen-bond donors (Lipinski definition) is 2. The minimum Gasteiger partial charge on any atom is -0.302 e. The fraction of sp³-hybridized carbons (Fsp3) is 0.0714. The Morgan fingerprint density at radius 1 is 0.840 bits per heavy atom. The van der Waals surface area contributed by atoms with Gasteiger partial charge in [-0.3, -0.25) is 0 Å². The van der Waals surface area contributed by atoms with E-state index in [1.807, 2.05) is 0 Å². The molecule has 2 amide bonds. The molecule has 0 aromatic heterocycles. The van der Waals surface area contributed by atoms with Gasteiger partial charge < -0.3 is 5.32 Å². The molecule has 134 valence electrons. The summed E-state index contributed by atoms with van der Waals surface area (Å²) in [6.45, 7) is 1.68. The summed E-state index contributed by atoms with van der Waals surface area (Å²) in [5.41, 5.74) is -0.946. The predicted molar refractivity (Wildman–Crippen MR) is 76.8 cm³/mol. The molecule has 0 atom stereocenters. The van der Waals surface area contributed by atoms with Crippen LogP contribution in [0.1, 0.15) is 5.56 Å². The van der Waals surface area contributed by atoms with E-state index in [9.17, 15) is 35.2 Å². The van der Waals surface area contributed by atoms with Crippen LogP contribution in [0, 0.1) is 36.0 Å². The molecule has 0 radical (unpaired) electrons. The first-order valence-corrected chi connectivity index (χ1v) is 7.95. The lowest BCUT2D eigenvalue weighted by Crippen LogP contribution is -2.35. The lowest BCUT2D eigenvalue weighted by molar-refractivity contribution is 0.256. The van der Waals surface area contributed by atoms with Gasteiger partial charge in [-0.05, 0) is 19.1 Å². The quantitative estimate of drug-likeness (QED) is 0.488. The van der Waals surface area contributed by atoms with Crippen LogP contribution in [0.5, 0.6) is 0 Å². The van der Waals surface area contributed by atoms with Crippen LogP contribution in [-0.2, 0) is 10.0 Å². The van der Waals surface area contributed by atoms with Gasteiger partial charge in [-0.25, -0.2) is 39.9 Å². The topological polar surface area (TPSA) is 75.3 Å². The Morgan fingerprint density at radius 2 is 1.28 bits per heavy atom. The highest BCUT2D eigenvalue weighted by Crippen LogP contribution is 2.27. The molecular formula is C14H9F5N2O3S. The molecule has 2 aromatic rings. The lowest BCUT2D eigenvalue weighted by Gasteiger charge is -2.11. The molecule has 0 unspecified atom stereocenters. The van der Waals surface area contributed by atoms with Crippen LogP contribution in [0.3, 0.4) is 0 Å². The van der Waals surface area contributed by atoms with Crippen molar-refractivity contribution in [3.8, 4) is 0 Å². The molecule has 25 heavy (non-hydrogen) atoms. The second kappa shape index (κ2) is 6.67. The molecule has 0 aliphatic heterocycles. The minimum atomic E-state index is -4.42. The molecule has 0 heterocycles. The van der Waals surface area contributed by atoms with Crippen molar-refractivity contribution in [2.24, 2.45) is 0 Å². The van der Waals surface area contributed by atoms with Gasteiger partial charge in [0.05, 0.1) is 4.90 Å².